The van der Waals surface area contributed by atoms with Gasteiger partial charge < -0.3 is 0 Å². The number of thioether (sulfide) groups is 1. The second kappa shape index (κ2) is 4.04. The summed E-state index contributed by atoms with van der Waals surface area (Å²) in [4.78, 5) is 1.33. The Labute approximate surface area is 80.2 Å². The van der Waals surface area contributed by atoms with E-state index in [9.17, 15) is 0 Å². The van der Waals surface area contributed by atoms with E-state index in [2.05, 4.69) is 26.8 Å². The van der Waals surface area contributed by atoms with Crippen LogP contribution in [0.1, 0.15) is 19.4 Å². The summed E-state index contributed by atoms with van der Waals surface area (Å²) in [5.41, 5.74) is 2.12. The molecule has 0 bridgehead atoms. The zero-order chi connectivity index (χ0) is 9.14. The Morgan fingerprint density at radius 1 is 1.33 bits per heavy atom. The average Bonchev–Trinajstić information content (AvgIpc) is 1.94. The largest absolute Gasteiger partial charge is 0.123 e. The summed E-state index contributed by atoms with van der Waals surface area (Å²) in [5, 5.41) is 0.632. The van der Waals surface area contributed by atoms with E-state index in [0.29, 0.717) is 5.25 Å². The van der Waals surface area contributed by atoms with Crippen LogP contribution in [0.5, 0.6) is 0 Å². The molecular weight excluding hydrogens is 163 g/mol. The highest BCUT2D eigenvalue weighted by molar-refractivity contribution is 8.00. The van der Waals surface area contributed by atoms with Gasteiger partial charge in [0.25, 0.3) is 0 Å². The van der Waals surface area contributed by atoms with Crippen molar-refractivity contribution in [2.24, 2.45) is 0 Å². The Hall–Kier alpha value is -0.365. The van der Waals surface area contributed by atoms with Gasteiger partial charge in [0.05, 0.1) is 0 Å². The summed E-state index contributed by atoms with van der Waals surface area (Å²) in [5.74, 6) is 0. The van der Waals surface area contributed by atoms with Gasteiger partial charge >= 0.3 is 0 Å². The molecule has 62 valence electrons. The maximum absolute atomic E-state index is 5.65. The second-order valence-corrected chi connectivity index (χ2v) is 4.81. The fraction of sp³-hybridized carbons (Fsp3) is 0.400. The molecule has 2 heteroatoms. The Bertz CT molecular complexity index is 269. The van der Waals surface area contributed by atoms with Crippen LogP contribution in [0.25, 0.3) is 0 Å². The number of hydrogen-bond acceptors (Lipinski definition) is 1. The van der Waals surface area contributed by atoms with Crippen molar-refractivity contribution in [1.29, 1.82) is 0 Å². The summed E-state index contributed by atoms with van der Waals surface area (Å²) < 4.78 is 0. The van der Waals surface area contributed by atoms with Crippen molar-refractivity contribution in [3.63, 3.8) is 0 Å². The van der Waals surface area contributed by atoms with Crippen LogP contribution in [0.2, 0.25) is 0 Å². The van der Waals surface area contributed by atoms with E-state index < -0.39 is 0 Å². The summed E-state index contributed by atoms with van der Waals surface area (Å²) in [6.07, 6.45) is 0. The molecule has 0 atom stereocenters. The molecule has 0 aromatic heterocycles. The highest BCUT2D eigenvalue weighted by Crippen LogP contribution is 2.24. The van der Waals surface area contributed by atoms with Crippen molar-refractivity contribution in [1.82, 2.24) is 0 Å². The van der Waals surface area contributed by atoms with Crippen molar-refractivity contribution in [2.45, 2.75) is 30.9 Å². The average molecular weight is 176 g/mol. The van der Waals surface area contributed by atoms with Gasteiger partial charge in [0.2, 0.25) is 0 Å². The number of aryl methyl sites for hydroxylation is 1. The fourth-order valence-electron chi connectivity index (χ4n) is 1.06. The van der Waals surface area contributed by atoms with Crippen molar-refractivity contribution >= 4 is 25.1 Å². The first-order valence-electron chi connectivity index (χ1n) is 4.12. The van der Waals surface area contributed by atoms with Gasteiger partial charge in [0, 0.05) is 10.1 Å². The smallest absolute Gasteiger partial charge is 0.113 e. The quantitative estimate of drug-likeness (QED) is 0.492. The van der Waals surface area contributed by atoms with Crippen molar-refractivity contribution in [3.05, 3.63) is 23.8 Å². The molecule has 1 aromatic carbocycles. The van der Waals surface area contributed by atoms with Crippen LogP contribution in [0.3, 0.4) is 0 Å². The Balaban J connectivity index is 2.86. The molecule has 0 unspecified atom stereocenters. The second-order valence-electron chi connectivity index (χ2n) is 3.19. The van der Waals surface area contributed by atoms with Gasteiger partial charge in [-0.3, -0.25) is 0 Å². The van der Waals surface area contributed by atoms with Crippen LogP contribution >= 0.6 is 11.8 Å². The van der Waals surface area contributed by atoms with Gasteiger partial charge in [0.15, 0.2) is 0 Å². The molecular formula is C10H13BS. The summed E-state index contributed by atoms with van der Waals surface area (Å²) in [7, 11) is 5.65. The van der Waals surface area contributed by atoms with E-state index in [-0.39, 0.29) is 0 Å². The Kier molecular flexibility index (Phi) is 3.27. The molecule has 0 spiro atoms. The molecule has 0 aliphatic carbocycles. The monoisotopic (exact) mass is 176 g/mol. The fourth-order valence-corrected chi connectivity index (χ4v) is 1.96. The van der Waals surface area contributed by atoms with E-state index in [1.807, 2.05) is 23.9 Å². The van der Waals surface area contributed by atoms with Crippen molar-refractivity contribution in [3.8, 4) is 0 Å². The molecule has 2 radical (unpaired) electrons. The van der Waals surface area contributed by atoms with Gasteiger partial charge in [-0.15, -0.1) is 11.8 Å². The third-order valence-electron chi connectivity index (χ3n) is 1.56. The van der Waals surface area contributed by atoms with Gasteiger partial charge in [-0.2, -0.15) is 0 Å². The first kappa shape index (κ1) is 9.72. The third-order valence-corrected chi connectivity index (χ3v) is 2.75. The lowest BCUT2D eigenvalue weighted by Gasteiger charge is -2.08. The molecule has 0 fully saturated rings. The zero-order valence-electron chi connectivity index (χ0n) is 7.79. The summed E-state index contributed by atoms with van der Waals surface area (Å²) >= 11 is 1.88. The molecule has 0 nitrogen and oxygen atoms in total. The normalized spacial score (nSPS) is 10.7. The van der Waals surface area contributed by atoms with Gasteiger partial charge in [-0.25, -0.2) is 0 Å². The van der Waals surface area contributed by atoms with Gasteiger partial charge in [0.1, 0.15) is 7.85 Å². The minimum absolute atomic E-state index is 0.632. The van der Waals surface area contributed by atoms with E-state index in [1.165, 1.54) is 10.5 Å². The lowest BCUT2D eigenvalue weighted by molar-refractivity contribution is 1.10. The molecule has 0 heterocycles. The predicted molar refractivity (Wildman–Crippen MR) is 57.6 cm³/mol. The summed E-state index contributed by atoms with van der Waals surface area (Å²) in [6, 6.07) is 6.07. The highest BCUT2D eigenvalue weighted by atomic mass is 32.2. The van der Waals surface area contributed by atoms with Crippen LogP contribution in [0.15, 0.2) is 23.1 Å². The van der Waals surface area contributed by atoms with Crippen LogP contribution in [0, 0.1) is 6.92 Å². The Morgan fingerprint density at radius 2 is 2.00 bits per heavy atom. The topological polar surface area (TPSA) is 0 Å². The first-order chi connectivity index (χ1) is 5.59. The standard InChI is InChI=1S/C10H13BS/c1-7(2)12-10-5-4-9(11)6-8(10)3/h4-7H,1-3H3. The first-order valence-corrected chi connectivity index (χ1v) is 5.00. The molecule has 1 aromatic rings. The van der Waals surface area contributed by atoms with Crippen molar-refractivity contribution < 1.29 is 0 Å². The molecule has 0 saturated heterocycles. The zero-order valence-corrected chi connectivity index (χ0v) is 8.61. The SMILES string of the molecule is [B]c1ccc(SC(C)C)c(C)c1. The van der Waals surface area contributed by atoms with E-state index >= 15 is 0 Å². The molecule has 0 amide bonds. The van der Waals surface area contributed by atoms with E-state index in [4.69, 9.17) is 7.85 Å². The number of rotatable bonds is 2. The van der Waals surface area contributed by atoms with Crippen LogP contribution in [0.4, 0.5) is 0 Å². The van der Waals surface area contributed by atoms with Gasteiger partial charge in [-0.05, 0) is 18.6 Å². The van der Waals surface area contributed by atoms with Crippen LogP contribution in [-0.2, 0) is 0 Å². The Morgan fingerprint density at radius 3 is 2.50 bits per heavy atom. The molecule has 0 aliphatic heterocycles. The highest BCUT2D eigenvalue weighted by Gasteiger charge is 2.00. The van der Waals surface area contributed by atoms with Crippen LogP contribution < -0.4 is 5.46 Å². The molecule has 0 aliphatic rings. The molecule has 12 heavy (non-hydrogen) atoms. The van der Waals surface area contributed by atoms with Gasteiger partial charge in [-0.1, -0.05) is 31.4 Å². The minimum atomic E-state index is 0.632. The number of benzene rings is 1. The lowest BCUT2D eigenvalue weighted by atomic mass is 9.95. The van der Waals surface area contributed by atoms with Crippen molar-refractivity contribution in [2.75, 3.05) is 0 Å². The predicted octanol–water partition coefficient (Wildman–Crippen LogP) is 2.29. The van der Waals surface area contributed by atoms with Crippen LogP contribution in [-0.4, -0.2) is 13.1 Å². The minimum Gasteiger partial charge on any atom is -0.123 e. The summed E-state index contributed by atoms with van der Waals surface area (Å²) in [6.45, 7) is 6.49. The maximum Gasteiger partial charge on any atom is 0.113 e. The lowest BCUT2D eigenvalue weighted by Crippen LogP contribution is -2.02. The maximum atomic E-state index is 5.65. The third kappa shape index (κ3) is 2.60. The molecule has 0 N–H and O–H groups in total. The van der Waals surface area contributed by atoms with E-state index in [0.717, 1.165) is 5.46 Å². The molecule has 0 saturated carbocycles. The van der Waals surface area contributed by atoms with E-state index in [1.54, 1.807) is 0 Å². The number of hydrogen-bond donors (Lipinski definition) is 0. The molecule has 1 rings (SSSR count).